The highest BCUT2D eigenvalue weighted by atomic mass is 19.3. The third kappa shape index (κ3) is 4.06. The molecule has 31 heavy (non-hydrogen) atoms. The van der Waals surface area contributed by atoms with Crippen molar-refractivity contribution in [2.75, 3.05) is 13.7 Å². The molecule has 0 radical (unpaired) electrons. The molecular formula is C22H19F4N3O2. The predicted octanol–water partition coefficient (Wildman–Crippen LogP) is 3.48. The number of aryl methyl sites for hydroxylation is 1. The molecule has 2 N–H and O–H groups in total. The van der Waals surface area contributed by atoms with Crippen molar-refractivity contribution in [2.24, 2.45) is 10.7 Å². The van der Waals surface area contributed by atoms with E-state index in [4.69, 9.17) is 5.73 Å². The Morgan fingerprint density at radius 3 is 2.48 bits per heavy atom. The van der Waals surface area contributed by atoms with Crippen molar-refractivity contribution in [1.29, 1.82) is 0 Å². The summed E-state index contributed by atoms with van der Waals surface area (Å²) in [4.78, 5) is 18.8. The zero-order valence-electron chi connectivity index (χ0n) is 16.8. The van der Waals surface area contributed by atoms with E-state index < -0.39 is 30.5 Å². The first-order valence-electron chi connectivity index (χ1n) is 9.25. The summed E-state index contributed by atoms with van der Waals surface area (Å²) in [5.74, 6) is 3.80. The Hall–Kier alpha value is -3.54. The summed E-state index contributed by atoms with van der Waals surface area (Å²) >= 11 is 0. The number of rotatable bonds is 5. The second-order valence-corrected chi connectivity index (χ2v) is 6.84. The number of aliphatic imine (C=N–C) groups is 1. The van der Waals surface area contributed by atoms with Crippen LogP contribution < -0.4 is 10.5 Å². The standard InChI is InChI=1S/C22H19F4N3O2/c1-13-11-15(7-9-18(13)31-20(25)26)22(19(30)29(2)21(27)28-22)16-6-8-17(24)14(12-16)5-3-4-10-23/h6-9,11-12,20H,4,10H2,1-2H3,(H2,27,28)/t22-/m1/s1. The first-order chi connectivity index (χ1) is 14.7. The Bertz CT molecular complexity index is 1110. The number of benzene rings is 2. The molecule has 0 saturated heterocycles. The number of likely N-dealkylation sites (N-methyl/N-ethyl adjacent to an activating group) is 1. The first kappa shape index (κ1) is 22.2. The average molecular weight is 433 g/mol. The molecule has 2 aromatic rings. The maximum Gasteiger partial charge on any atom is 0.387 e. The molecule has 3 rings (SSSR count). The molecule has 9 heteroatoms. The molecule has 1 aliphatic rings. The lowest BCUT2D eigenvalue weighted by Crippen LogP contribution is -2.41. The zero-order chi connectivity index (χ0) is 22.8. The van der Waals surface area contributed by atoms with E-state index in [0.717, 1.165) is 11.0 Å². The largest absolute Gasteiger partial charge is 0.435 e. The van der Waals surface area contributed by atoms with Crippen LogP contribution in [0.4, 0.5) is 17.6 Å². The van der Waals surface area contributed by atoms with Gasteiger partial charge in [-0.15, -0.1) is 0 Å². The molecule has 0 spiro atoms. The summed E-state index contributed by atoms with van der Waals surface area (Å²) in [5.41, 5.74) is 5.16. The van der Waals surface area contributed by atoms with Crippen molar-refractivity contribution >= 4 is 11.9 Å². The van der Waals surface area contributed by atoms with Crippen molar-refractivity contribution in [3.05, 3.63) is 64.5 Å². The van der Waals surface area contributed by atoms with E-state index >= 15 is 0 Å². The van der Waals surface area contributed by atoms with Crippen LogP contribution in [0.25, 0.3) is 0 Å². The number of ether oxygens (including phenoxy) is 1. The molecule has 1 amide bonds. The number of nitrogens with two attached hydrogens (primary N) is 1. The molecule has 0 aromatic heterocycles. The number of nitrogens with zero attached hydrogens (tertiary/aromatic N) is 2. The van der Waals surface area contributed by atoms with E-state index in [9.17, 15) is 22.4 Å². The van der Waals surface area contributed by atoms with E-state index in [0.29, 0.717) is 11.1 Å². The first-order valence-corrected chi connectivity index (χ1v) is 9.25. The van der Waals surface area contributed by atoms with Crippen LogP contribution in [-0.2, 0) is 10.3 Å². The molecular weight excluding hydrogens is 414 g/mol. The van der Waals surface area contributed by atoms with E-state index in [2.05, 4.69) is 21.6 Å². The molecule has 1 aliphatic heterocycles. The predicted molar refractivity (Wildman–Crippen MR) is 107 cm³/mol. The normalized spacial score (nSPS) is 18.1. The lowest BCUT2D eigenvalue weighted by molar-refractivity contribution is -0.129. The van der Waals surface area contributed by atoms with E-state index in [1.54, 1.807) is 6.92 Å². The van der Waals surface area contributed by atoms with E-state index in [1.807, 2.05) is 0 Å². The minimum absolute atomic E-state index is 0.0316. The van der Waals surface area contributed by atoms with Crippen LogP contribution in [0.3, 0.4) is 0 Å². The van der Waals surface area contributed by atoms with Gasteiger partial charge in [-0.1, -0.05) is 24.0 Å². The Kier molecular flexibility index (Phi) is 6.20. The Labute approximate surface area is 176 Å². The molecule has 0 aliphatic carbocycles. The molecule has 0 unspecified atom stereocenters. The molecule has 1 atom stereocenters. The third-order valence-electron chi connectivity index (χ3n) is 4.88. The van der Waals surface area contributed by atoms with Crippen molar-refractivity contribution in [3.8, 4) is 17.6 Å². The highest BCUT2D eigenvalue weighted by molar-refractivity contribution is 6.09. The minimum atomic E-state index is -3.01. The quantitative estimate of drug-likeness (QED) is 0.580. The third-order valence-corrected chi connectivity index (χ3v) is 4.88. The fourth-order valence-electron chi connectivity index (χ4n) is 3.34. The van der Waals surface area contributed by atoms with Gasteiger partial charge < -0.3 is 10.5 Å². The summed E-state index contributed by atoms with van der Waals surface area (Å²) in [7, 11) is 1.44. The van der Waals surface area contributed by atoms with Crippen LogP contribution in [0.2, 0.25) is 0 Å². The molecule has 0 fully saturated rings. The van der Waals surface area contributed by atoms with Crippen molar-refractivity contribution in [2.45, 2.75) is 25.5 Å². The number of carbonyl (C=O) groups is 1. The van der Waals surface area contributed by atoms with Gasteiger partial charge in [0.05, 0.1) is 5.56 Å². The fraction of sp³-hybridized carbons (Fsp3) is 0.273. The number of carbonyl (C=O) groups excluding carboxylic acids is 1. The molecule has 1 heterocycles. The van der Waals surface area contributed by atoms with Crippen molar-refractivity contribution in [3.63, 3.8) is 0 Å². The zero-order valence-corrected chi connectivity index (χ0v) is 16.8. The number of guanidine groups is 1. The minimum Gasteiger partial charge on any atom is -0.435 e. The van der Waals surface area contributed by atoms with Gasteiger partial charge in [0, 0.05) is 13.5 Å². The van der Waals surface area contributed by atoms with Crippen LogP contribution in [0.5, 0.6) is 5.75 Å². The number of hydrogen-bond acceptors (Lipinski definition) is 4. The SMILES string of the molecule is Cc1cc([C@]2(c3ccc(F)c(C#CCCF)c3)N=C(N)N(C)C2=O)ccc1OC(F)F. The van der Waals surface area contributed by atoms with Gasteiger partial charge in [-0.3, -0.25) is 14.1 Å². The Morgan fingerprint density at radius 2 is 1.90 bits per heavy atom. The van der Waals surface area contributed by atoms with Crippen molar-refractivity contribution in [1.82, 2.24) is 4.90 Å². The van der Waals surface area contributed by atoms with Gasteiger partial charge in [0.15, 0.2) is 11.5 Å². The number of alkyl halides is 3. The Morgan fingerprint density at radius 1 is 1.23 bits per heavy atom. The molecule has 162 valence electrons. The van der Waals surface area contributed by atoms with E-state index in [1.165, 1.54) is 37.4 Å². The van der Waals surface area contributed by atoms with Gasteiger partial charge in [-0.05, 0) is 47.9 Å². The summed E-state index contributed by atoms with van der Waals surface area (Å²) in [6, 6.07) is 8.09. The number of halogens is 4. The summed E-state index contributed by atoms with van der Waals surface area (Å²) in [5, 5.41) is 0. The molecule has 5 nitrogen and oxygen atoms in total. The van der Waals surface area contributed by atoms with Crippen LogP contribution in [-0.4, -0.2) is 37.1 Å². The highest BCUT2D eigenvalue weighted by Crippen LogP contribution is 2.41. The van der Waals surface area contributed by atoms with Crippen molar-refractivity contribution < 1.29 is 27.1 Å². The lowest BCUT2D eigenvalue weighted by Gasteiger charge is -2.27. The second-order valence-electron chi connectivity index (χ2n) is 6.84. The van der Waals surface area contributed by atoms with Gasteiger partial charge in [-0.2, -0.15) is 8.78 Å². The summed E-state index contributed by atoms with van der Waals surface area (Å²) < 4.78 is 56.3. The van der Waals surface area contributed by atoms with Crippen LogP contribution in [0.1, 0.15) is 28.7 Å². The van der Waals surface area contributed by atoms with Gasteiger partial charge in [0.25, 0.3) is 5.91 Å². The average Bonchev–Trinajstić information content (AvgIpc) is 2.95. The smallest absolute Gasteiger partial charge is 0.387 e. The second kappa shape index (κ2) is 8.68. The van der Waals surface area contributed by atoms with Gasteiger partial charge >= 0.3 is 6.61 Å². The summed E-state index contributed by atoms with van der Waals surface area (Å²) in [6.07, 6.45) is -0.0631. The van der Waals surface area contributed by atoms with Gasteiger partial charge in [-0.25, -0.2) is 9.38 Å². The van der Waals surface area contributed by atoms with Crippen LogP contribution in [0.15, 0.2) is 41.4 Å². The topological polar surface area (TPSA) is 67.9 Å². The molecule has 0 saturated carbocycles. The number of amides is 1. The molecule has 2 aromatic carbocycles. The molecule has 0 bridgehead atoms. The van der Waals surface area contributed by atoms with Gasteiger partial charge in [0.1, 0.15) is 18.2 Å². The number of hydrogen-bond donors (Lipinski definition) is 1. The van der Waals surface area contributed by atoms with E-state index in [-0.39, 0.29) is 29.3 Å². The highest BCUT2D eigenvalue weighted by Gasteiger charge is 2.49. The maximum atomic E-state index is 14.3. The maximum absolute atomic E-state index is 14.3. The lowest BCUT2D eigenvalue weighted by atomic mass is 9.81. The van der Waals surface area contributed by atoms with Crippen LogP contribution >= 0.6 is 0 Å². The van der Waals surface area contributed by atoms with Gasteiger partial charge in [0.2, 0.25) is 0 Å². The monoisotopic (exact) mass is 433 g/mol. The fourth-order valence-corrected chi connectivity index (χ4v) is 3.34. The Balaban J connectivity index is 2.20. The summed E-state index contributed by atoms with van der Waals surface area (Å²) in [6.45, 7) is -2.13. The van der Waals surface area contributed by atoms with Crippen LogP contribution in [0, 0.1) is 24.6 Å².